The van der Waals surface area contributed by atoms with E-state index < -0.39 is 70.2 Å². The van der Waals surface area contributed by atoms with E-state index in [0.29, 0.717) is 23.7 Å². The van der Waals surface area contributed by atoms with Crippen LogP contribution in [0.3, 0.4) is 0 Å². The summed E-state index contributed by atoms with van der Waals surface area (Å²) in [7, 11) is 0. The average Bonchev–Trinajstić information content (AvgIpc) is 3.20. The molecule has 0 fully saturated rings. The van der Waals surface area contributed by atoms with E-state index in [1.807, 2.05) is 30.3 Å². The van der Waals surface area contributed by atoms with E-state index in [-0.39, 0.29) is 47.0 Å². The van der Waals surface area contributed by atoms with Gasteiger partial charge in [0.2, 0.25) is 0 Å². The van der Waals surface area contributed by atoms with Crippen molar-refractivity contribution in [3.05, 3.63) is 94.1 Å². The number of rotatable bonds is 8. The van der Waals surface area contributed by atoms with E-state index >= 15 is 0 Å². The fourth-order valence-corrected chi connectivity index (χ4v) is 4.49. The number of carbonyl (C=O) groups excluding carboxylic acids is 3. The number of phenols is 2. The maximum absolute atomic E-state index is 12.9. The van der Waals surface area contributed by atoms with Gasteiger partial charge in [0, 0.05) is 17.7 Å². The summed E-state index contributed by atoms with van der Waals surface area (Å²) in [6.45, 7) is 1.83. The number of fused-ring (bicyclic) bond motifs is 2. The van der Waals surface area contributed by atoms with Crippen molar-refractivity contribution < 1.29 is 58.6 Å². The number of carbonyl (C=O) groups is 5. The largest absolute Gasteiger partial charge is 0.507 e. The molecule has 18 heteroatoms. The quantitative estimate of drug-likeness (QED) is 0.0441. The number of nitrogens with zero attached hydrogens (tertiary/aromatic N) is 3. The summed E-state index contributed by atoms with van der Waals surface area (Å²) in [5.41, 5.74) is 10.6. The van der Waals surface area contributed by atoms with Crippen LogP contribution in [0.4, 0.5) is 23.0 Å². The number of hydrogen-bond donors (Lipinski definition) is 6. The number of halogens is 1. The minimum Gasteiger partial charge on any atom is -0.507 e. The molecule has 0 spiro atoms. The molecule has 1 aromatic heterocycles. The second-order valence-electron chi connectivity index (χ2n) is 10.2. The first-order valence-electron chi connectivity index (χ1n) is 14.1. The fraction of sp³-hybridized carbons (Fsp3) is 0.0909. The van der Waals surface area contributed by atoms with Gasteiger partial charge in [-0.25, -0.2) is 24.2 Å². The molecule has 0 bridgehead atoms. The number of benzene rings is 3. The number of aryl methyl sites for hydroxylation is 1. The monoisotopic (exact) mass is 721 g/mol. The zero-order valence-electron chi connectivity index (χ0n) is 26.5. The number of carboxylic acid groups (broad SMARTS) is 2. The van der Waals surface area contributed by atoms with Crippen molar-refractivity contribution in [3.63, 3.8) is 0 Å². The van der Waals surface area contributed by atoms with Gasteiger partial charge in [-0.2, -0.15) is 5.11 Å². The van der Waals surface area contributed by atoms with Crippen LogP contribution in [0.15, 0.2) is 70.9 Å². The maximum Gasteiger partial charge on any atom is 0.347 e. The van der Waals surface area contributed by atoms with Gasteiger partial charge < -0.3 is 46.1 Å². The Balaban J connectivity index is 0.000000345. The number of nitrogen functional groups attached to an aromatic ring is 2. The van der Waals surface area contributed by atoms with Crippen molar-refractivity contribution in [1.82, 2.24) is 4.98 Å². The van der Waals surface area contributed by atoms with Gasteiger partial charge in [-0.1, -0.05) is 18.2 Å². The number of carboxylic acids is 2. The van der Waals surface area contributed by atoms with Crippen molar-refractivity contribution in [2.75, 3.05) is 11.5 Å². The van der Waals surface area contributed by atoms with E-state index in [4.69, 9.17) is 30.8 Å². The molecule has 51 heavy (non-hydrogen) atoms. The molecule has 8 N–H and O–H groups in total. The SMILES string of the molecule is Cc1cc(O)c(C=O)c2c1C(=O)Oc1c(COC(=O)C=CC(=O)O)c(O)c(C(=O)O)c(C)c1O2.Cl.Nc1ccc(N=Nc2ccccc2)c(N)n1. The van der Waals surface area contributed by atoms with Crippen molar-refractivity contribution in [2.24, 2.45) is 10.2 Å². The standard InChI is InChI=1S/C22H16O12.C11H11N5.ClH/c1-8-5-12(24)10(6-23)19-15(8)22(31)34-20-11(7-32-14(27)4-3-13(25)26)17(28)16(21(29)30)9(2)18(20)33-19;12-10-7-6-9(11(13)14-10)16-15-8-4-2-1-3-5-8;/h3-6,24,28H,7H2,1-2H3,(H,25,26)(H,29,30);1-7H,(H4,12,13,14);1H. The molecule has 0 atom stereocenters. The first-order chi connectivity index (χ1) is 23.7. The van der Waals surface area contributed by atoms with Gasteiger partial charge in [0.1, 0.15) is 40.7 Å². The number of azo groups is 1. The number of hydrogen-bond acceptors (Lipinski definition) is 15. The molecule has 0 saturated heterocycles. The molecule has 0 saturated carbocycles. The summed E-state index contributed by atoms with van der Waals surface area (Å²) >= 11 is 0. The lowest BCUT2D eigenvalue weighted by molar-refractivity contribution is -0.139. The van der Waals surface area contributed by atoms with E-state index in [2.05, 4.69) is 15.2 Å². The van der Waals surface area contributed by atoms with Crippen molar-refractivity contribution in [1.29, 1.82) is 0 Å². The molecule has 17 nitrogen and oxygen atoms in total. The molecule has 0 radical (unpaired) electrons. The smallest absolute Gasteiger partial charge is 0.347 e. The minimum absolute atomic E-state index is 0. The number of ether oxygens (including phenoxy) is 3. The number of phenolic OH excluding ortho intramolecular Hbond substituents is 1. The molecule has 0 aliphatic carbocycles. The van der Waals surface area contributed by atoms with Crippen LogP contribution in [-0.2, 0) is 20.9 Å². The highest BCUT2D eigenvalue weighted by Crippen LogP contribution is 2.50. The Morgan fingerprint density at radius 3 is 2.24 bits per heavy atom. The number of aromatic carboxylic acids is 1. The van der Waals surface area contributed by atoms with Crippen LogP contribution in [-0.4, -0.2) is 55.6 Å². The van der Waals surface area contributed by atoms with Gasteiger partial charge in [-0.05, 0) is 49.7 Å². The molecule has 1 aliphatic rings. The number of anilines is 2. The zero-order chi connectivity index (χ0) is 36.7. The predicted molar refractivity (Wildman–Crippen MR) is 181 cm³/mol. The van der Waals surface area contributed by atoms with E-state index in [1.54, 1.807) is 12.1 Å². The lowest BCUT2D eigenvalue weighted by Crippen LogP contribution is -2.13. The van der Waals surface area contributed by atoms with Gasteiger partial charge in [-0.3, -0.25) is 4.79 Å². The normalized spacial score (nSPS) is 11.5. The third-order valence-corrected chi connectivity index (χ3v) is 6.82. The molecule has 5 rings (SSSR count). The highest BCUT2D eigenvalue weighted by atomic mass is 35.5. The summed E-state index contributed by atoms with van der Waals surface area (Å²) in [5.74, 6) is -7.26. The Kier molecular flexibility index (Phi) is 12.4. The molecule has 0 unspecified atom stereocenters. The summed E-state index contributed by atoms with van der Waals surface area (Å²) in [6, 6.07) is 13.8. The van der Waals surface area contributed by atoms with Crippen LogP contribution in [0.5, 0.6) is 28.7 Å². The van der Waals surface area contributed by atoms with Gasteiger partial charge in [-0.15, -0.1) is 17.5 Å². The van der Waals surface area contributed by atoms with Crippen LogP contribution in [0.1, 0.15) is 47.8 Å². The van der Waals surface area contributed by atoms with E-state index in [9.17, 15) is 39.3 Å². The highest BCUT2D eigenvalue weighted by Gasteiger charge is 2.35. The lowest BCUT2D eigenvalue weighted by Gasteiger charge is -2.18. The summed E-state index contributed by atoms with van der Waals surface area (Å²) in [6.07, 6.45) is 1.30. The molecule has 0 amide bonds. The summed E-state index contributed by atoms with van der Waals surface area (Å²) in [4.78, 5) is 62.5. The molecule has 3 aromatic carbocycles. The predicted octanol–water partition coefficient (Wildman–Crippen LogP) is 5.32. The number of esters is 2. The number of aromatic hydroxyl groups is 2. The van der Waals surface area contributed by atoms with Crippen molar-refractivity contribution in [3.8, 4) is 28.7 Å². The van der Waals surface area contributed by atoms with E-state index in [1.165, 1.54) is 13.8 Å². The van der Waals surface area contributed by atoms with Crippen molar-refractivity contribution in [2.45, 2.75) is 20.5 Å². The minimum atomic E-state index is -1.60. The molecule has 264 valence electrons. The van der Waals surface area contributed by atoms with Crippen LogP contribution in [0.2, 0.25) is 0 Å². The third-order valence-electron chi connectivity index (χ3n) is 6.82. The van der Waals surface area contributed by atoms with Crippen LogP contribution < -0.4 is 20.9 Å². The van der Waals surface area contributed by atoms with Crippen LogP contribution >= 0.6 is 12.4 Å². The Morgan fingerprint density at radius 1 is 0.941 bits per heavy atom. The average molecular weight is 722 g/mol. The Bertz CT molecular complexity index is 2100. The Morgan fingerprint density at radius 2 is 1.63 bits per heavy atom. The van der Waals surface area contributed by atoms with Gasteiger partial charge in [0.05, 0.1) is 16.8 Å². The fourth-order valence-electron chi connectivity index (χ4n) is 4.49. The number of aromatic nitrogens is 1. The van der Waals surface area contributed by atoms with Crippen molar-refractivity contribution >= 4 is 65.6 Å². The zero-order valence-corrected chi connectivity index (χ0v) is 27.3. The number of aldehydes is 1. The molecule has 1 aliphatic heterocycles. The summed E-state index contributed by atoms with van der Waals surface area (Å²) in [5, 5.41) is 46.9. The topological polar surface area (TPSA) is 284 Å². The van der Waals surface area contributed by atoms with Gasteiger partial charge in [0.15, 0.2) is 29.4 Å². The second kappa shape index (κ2) is 16.4. The van der Waals surface area contributed by atoms with Gasteiger partial charge >= 0.3 is 23.9 Å². The maximum atomic E-state index is 12.9. The van der Waals surface area contributed by atoms with E-state index in [0.717, 1.165) is 11.8 Å². The third kappa shape index (κ3) is 8.72. The van der Waals surface area contributed by atoms with Gasteiger partial charge in [0.25, 0.3) is 0 Å². The highest BCUT2D eigenvalue weighted by molar-refractivity contribution is 6.03. The first-order valence-corrected chi connectivity index (χ1v) is 14.1. The Hall–Kier alpha value is -7.01. The molecular weight excluding hydrogens is 694 g/mol. The molecule has 2 heterocycles. The number of nitrogens with two attached hydrogens (primary N) is 2. The first kappa shape index (κ1) is 38.4. The summed E-state index contributed by atoms with van der Waals surface area (Å²) < 4.78 is 15.9. The molecular formula is C33H28ClN5O12. The number of pyridine rings is 1. The molecule has 4 aromatic rings. The number of aliphatic carboxylic acids is 1. The second-order valence-corrected chi connectivity index (χ2v) is 10.2. The van der Waals surface area contributed by atoms with Crippen LogP contribution in [0, 0.1) is 13.8 Å². The Labute approximate surface area is 293 Å². The van der Waals surface area contributed by atoms with Crippen LogP contribution in [0.25, 0.3) is 0 Å². The lowest BCUT2D eigenvalue weighted by atomic mass is 10.0.